The molecule has 2 aliphatic rings. The van der Waals surface area contributed by atoms with Crippen LogP contribution >= 0.6 is 0 Å². The Kier molecular flexibility index (Phi) is 15.1. The van der Waals surface area contributed by atoms with Crippen molar-refractivity contribution >= 4 is 23.4 Å². The highest BCUT2D eigenvalue weighted by Gasteiger charge is 2.47. The molecule has 2 fully saturated rings. The van der Waals surface area contributed by atoms with Gasteiger partial charge >= 0.3 is 11.4 Å². The molecular weight excluding hydrogens is 877 g/mol. The van der Waals surface area contributed by atoms with Crippen LogP contribution < -0.4 is 38.3 Å². The molecule has 0 saturated heterocycles. The Morgan fingerprint density at radius 3 is 1.48 bits per heavy atom. The number of methoxy groups -OCH3 is 1. The first-order valence-corrected chi connectivity index (χ1v) is 22.8. The molecule has 2 heterocycles. The highest BCUT2D eigenvalue weighted by atomic mass is 16.5. The first kappa shape index (κ1) is 50.6. The molecule has 7 rings (SSSR count). The molecular formula is C54H58N6O9. The summed E-state index contributed by atoms with van der Waals surface area (Å²) in [6, 6.07) is 17.5. The van der Waals surface area contributed by atoms with Crippen molar-refractivity contribution in [3.05, 3.63) is 164 Å². The minimum Gasteiger partial charge on any atom is -0.497 e. The van der Waals surface area contributed by atoms with E-state index in [4.69, 9.17) is 23.3 Å². The maximum Gasteiger partial charge on any atom is 0.328 e. The Balaban J connectivity index is 0.000000235. The minimum atomic E-state index is -0.673. The highest BCUT2D eigenvalue weighted by Crippen LogP contribution is 2.51. The number of hydrogen-bond acceptors (Lipinski definition) is 9. The number of amides is 2. The minimum absolute atomic E-state index is 0.0445. The zero-order valence-corrected chi connectivity index (χ0v) is 40.1. The standard InChI is InChI=1S/C31H33N3O5.C23H25N3O4/c1-6-21-13-20(4)14-23(15-21)28(36)27-26(19(2)3)29(37)33-30(38)34(27)18-31(11-12-31)16-25(35)32-17-22-7-9-24(39-5)10-8-22;1-5-15-8-14(4)9-16(10-15)20(28)19-18(13(2)3)21(29)25-22(30)26(19)12-23(6-7-23)11-17(24)27/h1,7-10,13-15,19H,11-12,16-18H2,2-5H3,(H,32,35)(H,33,37,38);1,8-10,13H,6-7,11-12H2,2-4H3,(H2,24,27)(H,25,29,30). The van der Waals surface area contributed by atoms with E-state index in [1.54, 1.807) is 71.2 Å². The van der Waals surface area contributed by atoms with Gasteiger partial charge in [-0.3, -0.25) is 47.9 Å². The lowest BCUT2D eigenvalue weighted by atomic mass is 9.94. The van der Waals surface area contributed by atoms with E-state index in [2.05, 4.69) is 27.1 Å². The molecule has 2 amide bonds. The predicted octanol–water partition coefficient (Wildman–Crippen LogP) is 5.51. The Morgan fingerprint density at radius 1 is 0.696 bits per heavy atom. The number of ketones is 2. The summed E-state index contributed by atoms with van der Waals surface area (Å²) >= 11 is 0. The highest BCUT2D eigenvalue weighted by molar-refractivity contribution is 6.10. The van der Waals surface area contributed by atoms with Crippen LogP contribution in [0.4, 0.5) is 0 Å². The van der Waals surface area contributed by atoms with Crippen molar-refractivity contribution in [2.75, 3.05) is 7.11 Å². The SMILES string of the molecule is C#Cc1cc(C)cc(C(=O)c2c(C(C)C)c(=O)[nH]c(=O)n2CC2(CC(=O)NCc3ccc(OC)cc3)CC2)c1.C#Cc1cc(C)cc(C(=O)c2c(C(C)C)c(=O)[nH]c(=O)n2CC2(CC(N)=O)CC2)c1. The third-order valence-electron chi connectivity index (χ3n) is 12.7. The molecule has 3 aromatic carbocycles. The van der Waals surface area contributed by atoms with Gasteiger partial charge in [0.25, 0.3) is 11.1 Å². The smallest absolute Gasteiger partial charge is 0.328 e. The molecule has 2 saturated carbocycles. The largest absolute Gasteiger partial charge is 0.497 e. The molecule has 0 aliphatic heterocycles. The second-order valence-electron chi connectivity index (χ2n) is 19.1. The molecule has 2 aromatic heterocycles. The number of nitrogens with two attached hydrogens (primary N) is 1. The molecule has 69 heavy (non-hydrogen) atoms. The topological polar surface area (TPSA) is 225 Å². The summed E-state index contributed by atoms with van der Waals surface area (Å²) in [4.78, 5) is 108. The van der Waals surface area contributed by atoms with Gasteiger partial charge in [-0.1, -0.05) is 51.7 Å². The number of primary amides is 1. The van der Waals surface area contributed by atoms with E-state index in [0.29, 0.717) is 28.8 Å². The Hall–Kier alpha value is -7.78. The van der Waals surface area contributed by atoms with Gasteiger partial charge in [-0.2, -0.15) is 0 Å². The monoisotopic (exact) mass is 934 g/mol. The number of nitrogens with zero attached hydrogens (tertiary/aromatic N) is 2. The number of ether oxygens (including phenoxy) is 1. The molecule has 5 aromatic rings. The first-order chi connectivity index (χ1) is 32.6. The number of H-pyrrole nitrogens is 2. The fraction of sp³-hybridized carbons (Fsp3) is 0.370. The molecule has 0 spiro atoms. The van der Waals surface area contributed by atoms with Crippen molar-refractivity contribution in [2.24, 2.45) is 16.6 Å². The average molecular weight is 935 g/mol. The van der Waals surface area contributed by atoms with Crippen molar-refractivity contribution in [1.29, 1.82) is 0 Å². The van der Waals surface area contributed by atoms with E-state index in [-0.39, 0.29) is 66.2 Å². The van der Waals surface area contributed by atoms with E-state index < -0.39 is 50.8 Å². The zero-order chi connectivity index (χ0) is 50.5. The Bertz CT molecular complexity index is 3180. The van der Waals surface area contributed by atoms with Gasteiger partial charge in [-0.05, 0) is 127 Å². The lowest BCUT2D eigenvalue weighted by Crippen LogP contribution is -2.40. The molecule has 5 N–H and O–H groups in total. The van der Waals surface area contributed by atoms with Gasteiger partial charge in [0.1, 0.15) is 17.1 Å². The van der Waals surface area contributed by atoms with Gasteiger partial charge < -0.3 is 15.8 Å². The van der Waals surface area contributed by atoms with Crippen LogP contribution in [0.5, 0.6) is 5.75 Å². The van der Waals surface area contributed by atoms with Crippen molar-refractivity contribution in [1.82, 2.24) is 24.4 Å². The summed E-state index contributed by atoms with van der Waals surface area (Å²) in [6.07, 6.45) is 14.3. The van der Waals surface area contributed by atoms with E-state index in [1.807, 2.05) is 38.1 Å². The number of aromatic amines is 2. The van der Waals surface area contributed by atoms with Crippen LogP contribution in [0.15, 0.2) is 79.8 Å². The third-order valence-corrected chi connectivity index (χ3v) is 12.7. The van der Waals surface area contributed by atoms with Gasteiger partial charge in [0, 0.05) is 65.9 Å². The van der Waals surface area contributed by atoms with Crippen LogP contribution in [0.2, 0.25) is 0 Å². The normalized spacial score (nSPS) is 13.9. The Morgan fingerprint density at radius 2 is 1.12 bits per heavy atom. The second-order valence-corrected chi connectivity index (χ2v) is 19.1. The molecule has 358 valence electrons. The number of nitrogens with one attached hydrogen (secondary N) is 3. The molecule has 0 unspecified atom stereocenters. The van der Waals surface area contributed by atoms with Crippen molar-refractivity contribution < 1.29 is 23.9 Å². The average Bonchev–Trinajstić information content (AvgIpc) is 4.23. The number of benzene rings is 3. The number of rotatable bonds is 17. The van der Waals surface area contributed by atoms with Gasteiger partial charge in [0.05, 0.1) is 7.11 Å². The summed E-state index contributed by atoms with van der Waals surface area (Å²) in [7, 11) is 1.60. The maximum absolute atomic E-state index is 13.9. The van der Waals surface area contributed by atoms with E-state index in [1.165, 1.54) is 9.13 Å². The summed E-state index contributed by atoms with van der Waals surface area (Å²) in [5, 5.41) is 2.94. The Labute approximate surface area is 399 Å². The zero-order valence-electron chi connectivity index (χ0n) is 40.1. The van der Waals surface area contributed by atoms with Gasteiger partial charge in [-0.15, -0.1) is 12.8 Å². The quantitative estimate of drug-likeness (QED) is 0.0680. The van der Waals surface area contributed by atoms with Crippen molar-refractivity contribution in [3.8, 4) is 30.4 Å². The summed E-state index contributed by atoms with van der Waals surface area (Å²) < 4.78 is 7.81. The third kappa shape index (κ3) is 11.9. The van der Waals surface area contributed by atoms with Crippen LogP contribution in [0.25, 0.3) is 0 Å². The number of aromatic nitrogens is 4. The molecule has 0 radical (unpaired) electrons. The number of aryl methyl sites for hydroxylation is 2. The van der Waals surface area contributed by atoms with Crippen molar-refractivity contribution in [3.63, 3.8) is 0 Å². The van der Waals surface area contributed by atoms with Gasteiger partial charge in [0.15, 0.2) is 0 Å². The van der Waals surface area contributed by atoms with Crippen LogP contribution in [0.3, 0.4) is 0 Å². The molecule has 15 heteroatoms. The maximum atomic E-state index is 13.9. The number of carbonyl (C=O) groups is 4. The van der Waals surface area contributed by atoms with Crippen LogP contribution in [0, 0.1) is 49.4 Å². The summed E-state index contributed by atoms with van der Waals surface area (Å²) in [6.45, 7) is 11.5. The molecule has 2 aliphatic carbocycles. The molecule has 0 bridgehead atoms. The van der Waals surface area contributed by atoms with Gasteiger partial charge in [0.2, 0.25) is 23.4 Å². The van der Waals surface area contributed by atoms with Crippen LogP contribution in [-0.2, 0) is 29.2 Å². The first-order valence-electron chi connectivity index (χ1n) is 22.8. The summed E-state index contributed by atoms with van der Waals surface area (Å²) in [5.41, 5.74) is 6.73. The number of terminal acetylenes is 2. The van der Waals surface area contributed by atoms with Crippen LogP contribution in [-0.4, -0.2) is 49.6 Å². The van der Waals surface area contributed by atoms with E-state index in [0.717, 1.165) is 48.1 Å². The fourth-order valence-electron chi connectivity index (χ4n) is 8.83. The molecule has 0 atom stereocenters. The van der Waals surface area contributed by atoms with Crippen molar-refractivity contribution in [2.45, 2.75) is 112 Å². The number of carbonyl (C=O) groups excluding carboxylic acids is 4. The second kappa shape index (κ2) is 20.6. The lowest BCUT2D eigenvalue weighted by Gasteiger charge is -2.22. The lowest BCUT2D eigenvalue weighted by molar-refractivity contribution is -0.122. The van der Waals surface area contributed by atoms with E-state index in [9.17, 15) is 38.4 Å². The predicted molar refractivity (Wildman–Crippen MR) is 263 cm³/mol. The molecule has 15 nitrogen and oxygen atoms in total. The van der Waals surface area contributed by atoms with Gasteiger partial charge in [-0.25, -0.2) is 9.59 Å². The van der Waals surface area contributed by atoms with E-state index >= 15 is 0 Å². The van der Waals surface area contributed by atoms with Crippen LogP contribution in [0.1, 0.15) is 149 Å². The summed E-state index contributed by atoms with van der Waals surface area (Å²) in [5.74, 6) is 3.69. The number of hydrogen-bond donors (Lipinski definition) is 4. The fourth-order valence-corrected chi connectivity index (χ4v) is 8.83.